The fraction of sp³-hybridized carbons (Fsp3) is 0.0952. The lowest BCUT2D eigenvalue weighted by Gasteiger charge is -2.09. The maximum absolute atomic E-state index is 12.3. The third-order valence-corrected chi connectivity index (χ3v) is 3.68. The molecule has 0 unspecified atom stereocenters. The molecule has 6 nitrogen and oxygen atoms in total. The SMILES string of the molecule is O=C(COc1ccccc1)Nc1cccc(C(=O)NCc2ccccn2)c1. The van der Waals surface area contributed by atoms with Gasteiger partial charge in [-0.25, -0.2) is 0 Å². The summed E-state index contributed by atoms with van der Waals surface area (Å²) in [4.78, 5) is 28.5. The number of carbonyl (C=O) groups excluding carboxylic acids is 2. The maximum atomic E-state index is 12.3. The number of rotatable bonds is 7. The van der Waals surface area contributed by atoms with Crippen LogP contribution in [0.15, 0.2) is 79.0 Å². The summed E-state index contributed by atoms with van der Waals surface area (Å²) in [6.07, 6.45) is 1.68. The number of nitrogens with one attached hydrogen (secondary N) is 2. The zero-order valence-electron chi connectivity index (χ0n) is 14.6. The number of carbonyl (C=O) groups is 2. The fourth-order valence-electron chi connectivity index (χ4n) is 2.38. The molecule has 136 valence electrons. The largest absolute Gasteiger partial charge is 0.484 e. The van der Waals surface area contributed by atoms with E-state index in [1.165, 1.54) is 0 Å². The normalized spacial score (nSPS) is 10.1. The smallest absolute Gasteiger partial charge is 0.262 e. The Morgan fingerprint density at radius 1 is 0.926 bits per heavy atom. The number of amides is 2. The summed E-state index contributed by atoms with van der Waals surface area (Å²) < 4.78 is 5.41. The third kappa shape index (κ3) is 5.67. The summed E-state index contributed by atoms with van der Waals surface area (Å²) in [7, 11) is 0. The van der Waals surface area contributed by atoms with Crippen LogP contribution in [0.3, 0.4) is 0 Å². The molecule has 0 saturated heterocycles. The van der Waals surface area contributed by atoms with E-state index in [-0.39, 0.29) is 18.4 Å². The molecule has 2 N–H and O–H groups in total. The molecular weight excluding hydrogens is 342 g/mol. The van der Waals surface area contributed by atoms with E-state index in [0.717, 1.165) is 5.69 Å². The van der Waals surface area contributed by atoms with Gasteiger partial charge in [-0.15, -0.1) is 0 Å². The Bertz CT molecular complexity index is 899. The molecule has 3 aromatic rings. The molecular formula is C21H19N3O3. The molecule has 27 heavy (non-hydrogen) atoms. The predicted octanol–water partition coefficient (Wildman–Crippen LogP) is 3.03. The first-order valence-corrected chi connectivity index (χ1v) is 8.46. The molecule has 0 aliphatic heterocycles. The summed E-state index contributed by atoms with van der Waals surface area (Å²) in [5, 5.41) is 5.53. The van der Waals surface area contributed by atoms with Gasteiger partial charge in [0, 0.05) is 17.4 Å². The van der Waals surface area contributed by atoms with Crippen molar-refractivity contribution >= 4 is 17.5 Å². The number of hydrogen-bond acceptors (Lipinski definition) is 4. The molecule has 0 spiro atoms. The number of benzene rings is 2. The van der Waals surface area contributed by atoms with E-state index in [0.29, 0.717) is 23.5 Å². The van der Waals surface area contributed by atoms with E-state index < -0.39 is 0 Å². The van der Waals surface area contributed by atoms with Crippen molar-refractivity contribution in [2.24, 2.45) is 0 Å². The van der Waals surface area contributed by atoms with Crippen LogP contribution in [0, 0.1) is 0 Å². The van der Waals surface area contributed by atoms with Gasteiger partial charge in [-0.05, 0) is 42.5 Å². The van der Waals surface area contributed by atoms with E-state index in [1.54, 1.807) is 42.6 Å². The summed E-state index contributed by atoms with van der Waals surface area (Å²) >= 11 is 0. The summed E-state index contributed by atoms with van der Waals surface area (Å²) in [6, 6.07) is 21.3. The van der Waals surface area contributed by atoms with Crippen LogP contribution in [0.4, 0.5) is 5.69 Å². The molecule has 0 aliphatic carbocycles. The van der Waals surface area contributed by atoms with E-state index in [9.17, 15) is 9.59 Å². The Kier molecular flexibility index (Phi) is 6.14. The van der Waals surface area contributed by atoms with Crippen LogP contribution in [0.1, 0.15) is 16.1 Å². The summed E-state index contributed by atoms with van der Waals surface area (Å²) in [5.41, 5.74) is 1.75. The quantitative estimate of drug-likeness (QED) is 0.678. The number of hydrogen-bond donors (Lipinski definition) is 2. The standard InChI is InChI=1S/C21H19N3O3/c25-20(15-27-19-10-2-1-3-11-19)24-17-9-6-7-16(13-17)21(26)23-14-18-8-4-5-12-22-18/h1-13H,14-15H2,(H,23,26)(H,24,25). The maximum Gasteiger partial charge on any atom is 0.262 e. The number of para-hydroxylation sites is 1. The van der Waals surface area contributed by atoms with Crippen molar-refractivity contribution in [3.8, 4) is 5.75 Å². The van der Waals surface area contributed by atoms with Gasteiger partial charge < -0.3 is 15.4 Å². The first kappa shape index (κ1) is 18.1. The number of pyridine rings is 1. The highest BCUT2D eigenvalue weighted by molar-refractivity contribution is 5.97. The van der Waals surface area contributed by atoms with Crippen LogP contribution in [0.5, 0.6) is 5.75 Å². The average Bonchev–Trinajstić information content (AvgIpc) is 2.72. The Labute approximate surface area is 157 Å². The Morgan fingerprint density at radius 2 is 1.74 bits per heavy atom. The highest BCUT2D eigenvalue weighted by Gasteiger charge is 2.09. The molecule has 2 aromatic carbocycles. The van der Waals surface area contributed by atoms with Gasteiger partial charge in [0.2, 0.25) is 0 Å². The van der Waals surface area contributed by atoms with Gasteiger partial charge in [-0.1, -0.05) is 30.3 Å². The van der Waals surface area contributed by atoms with Gasteiger partial charge in [0.1, 0.15) is 5.75 Å². The van der Waals surface area contributed by atoms with Crippen LogP contribution >= 0.6 is 0 Å². The fourth-order valence-corrected chi connectivity index (χ4v) is 2.38. The Morgan fingerprint density at radius 3 is 2.52 bits per heavy atom. The first-order valence-electron chi connectivity index (χ1n) is 8.46. The van der Waals surface area contributed by atoms with Crippen molar-refractivity contribution in [1.82, 2.24) is 10.3 Å². The van der Waals surface area contributed by atoms with Crippen molar-refractivity contribution < 1.29 is 14.3 Å². The molecule has 2 amide bonds. The molecule has 0 aliphatic rings. The van der Waals surface area contributed by atoms with Gasteiger partial charge in [-0.2, -0.15) is 0 Å². The highest BCUT2D eigenvalue weighted by Crippen LogP contribution is 2.12. The van der Waals surface area contributed by atoms with E-state index >= 15 is 0 Å². The van der Waals surface area contributed by atoms with Gasteiger partial charge in [0.05, 0.1) is 12.2 Å². The van der Waals surface area contributed by atoms with Crippen LogP contribution in [0.25, 0.3) is 0 Å². The number of ether oxygens (including phenoxy) is 1. The van der Waals surface area contributed by atoms with Crippen LogP contribution in [-0.2, 0) is 11.3 Å². The number of anilines is 1. The average molecular weight is 361 g/mol. The second-order valence-corrected chi connectivity index (χ2v) is 5.73. The van der Waals surface area contributed by atoms with Gasteiger partial charge in [-0.3, -0.25) is 14.6 Å². The first-order chi connectivity index (χ1) is 13.2. The number of nitrogens with zero attached hydrogens (tertiary/aromatic N) is 1. The molecule has 0 radical (unpaired) electrons. The lowest BCUT2D eigenvalue weighted by atomic mass is 10.2. The van der Waals surface area contributed by atoms with Crippen molar-refractivity contribution in [2.75, 3.05) is 11.9 Å². The topological polar surface area (TPSA) is 80.3 Å². The van der Waals surface area contributed by atoms with Crippen molar-refractivity contribution in [3.05, 3.63) is 90.3 Å². The Balaban J connectivity index is 1.53. The van der Waals surface area contributed by atoms with Gasteiger partial charge in [0.15, 0.2) is 6.61 Å². The zero-order valence-corrected chi connectivity index (χ0v) is 14.6. The lowest BCUT2D eigenvalue weighted by Crippen LogP contribution is -2.24. The molecule has 0 saturated carbocycles. The molecule has 1 aromatic heterocycles. The number of aromatic nitrogens is 1. The molecule has 0 fully saturated rings. The predicted molar refractivity (Wildman–Crippen MR) is 102 cm³/mol. The van der Waals surface area contributed by atoms with E-state index in [1.807, 2.05) is 36.4 Å². The highest BCUT2D eigenvalue weighted by atomic mass is 16.5. The van der Waals surface area contributed by atoms with Gasteiger partial charge in [0.25, 0.3) is 11.8 Å². The van der Waals surface area contributed by atoms with E-state index in [2.05, 4.69) is 15.6 Å². The van der Waals surface area contributed by atoms with Crippen LogP contribution in [-0.4, -0.2) is 23.4 Å². The van der Waals surface area contributed by atoms with Crippen molar-refractivity contribution in [1.29, 1.82) is 0 Å². The molecule has 3 rings (SSSR count). The molecule has 0 bridgehead atoms. The minimum atomic E-state index is -0.301. The third-order valence-electron chi connectivity index (χ3n) is 3.68. The lowest BCUT2D eigenvalue weighted by molar-refractivity contribution is -0.118. The molecule has 1 heterocycles. The minimum absolute atomic E-state index is 0.111. The monoisotopic (exact) mass is 361 g/mol. The van der Waals surface area contributed by atoms with Crippen molar-refractivity contribution in [2.45, 2.75) is 6.54 Å². The van der Waals surface area contributed by atoms with Crippen LogP contribution in [0.2, 0.25) is 0 Å². The molecule has 0 atom stereocenters. The van der Waals surface area contributed by atoms with Crippen molar-refractivity contribution in [3.63, 3.8) is 0 Å². The van der Waals surface area contributed by atoms with E-state index in [4.69, 9.17) is 4.74 Å². The molecule has 6 heteroatoms. The van der Waals surface area contributed by atoms with Crippen LogP contribution < -0.4 is 15.4 Å². The minimum Gasteiger partial charge on any atom is -0.484 e. The van der Waals surface area contributed by atoms with Gasteiger partial charge >= 0.3 is 0 Å². The zero-order chi connectivity index (χ0) is 18.9. The summed E-state index contributed by atoms with van der Waals surface area (Å²) in [5.74, 6) is 0.0810. The summed E-state index contributed by atoms with van der Waals surface area (Å²) in [6.45, 7) is 0.224. The second kappa shape index (κ2) is 9.15. The Hall–Kier alpha value is -3.67. The second-order valence-electron chi connectivity index (χ2n) is 5.73.